The fraction of sp³-hybridized carbons (Fsp3) is 0. The Bertz CT molecular complexity index is 448. The van der Waals surface area contributed by atoms with E-state index in [1.54, 1.807) is 24.3 Å². The van der Waals surface area contributed by atoms with E-state index < -0.39 is 0 Å². The predicted molar refractivity (Wildman–Crippen MR) is 57.9 cm³/mol. The van der Waals surface area contributed by atoms with Crippen LogP contribution in [0.2, 0.25) is 0 Å². The second-order valence-corrected chi connectivity index (χ2v) is 3.03. The molecule has 15 heavy (non-hydrogen) atoms. The van der Waals surface area contributed by atoms with E-state index in [0.717, 1.165) is 0 Å². The highest BCUT2D eigenvalue weighted by molar-refractivity contribution is 5.92. The summed E-state index contributed by atoms with van der Waals surface area (Å²) in [7, 11) is 0. The van der Waals surface area contributed by atoms with Gasteiger partial charge in [-0.05, 0) is 17.5 Å². The van der Waals surface area contributed by atoms with E-state index in [9.17, 15) is 5.11 Å². The minimum Gasteiger partial charge on any atom is -0.858 e. The van der Waals surface area contributed by atoms with Crippen molar-refractivity contribution in [1.82, 2.24) is 0 Å². The van der Waals surface area contributed by atoms with E-state index in [2.05, 4.69) is 11.1 Å². The fourth-order valence-electron chi connectivity index (χ4n) is 1.21. The number of hydrogen-bond acceptors (Lipinski definition) is 2. The lowest BCUT2D eigenvalue weighted by Crippen LogP contribution is -2.18. The maximum absolute atomic E-state index is 11.6. The quantitative estimate of drug-likeness (QED) is 0.532. The van der Waals surface area contributed by atoms with Crippen LogP contribution in [0.3, 0.4) is 0 Å². The van der Waals surface area contributed by atoms with Gasteiger partial charge in [-0.2, -0.15) is 0 Å². The topological polar surface area (TPSA) is 35.4 Å². The smallest absolute Gasteiger partial charge is 0.0701 e. The lowest BCUT2D eigenvalue weighted by molar-refractivity contribution is -0.212. The van der Waals surface area contributed by atoms with Gasteiger partial charge in [-0.15, -0.1) is 0 Å². The van der Waals surface area contributed by atoms with Gasteiger partial charge in [0.15, 0.2) is 0 Å². The third kappa shape index (κ3) is 2.44. The van der Waals surface area contributed by atoms with Crippen molar-refractivity contribution in [2.45, 2.75) is 0 Å². The molecule has 73 valence electrons. The van der Waals surface area contributed by atoms with Gasteiger partial charge in [-0.3, -0.25) is 4.99 Å². The molecule has 0 aromatic heterocycles. The van der Waals surface area contributed by atoms with Crippen molar-refractivity contribution in [3.63, 3.8) is 0 Å². The summed E-state index contributed by atoms with van der Waals surface area (Å²) in [5.41, 5.74) is 1.15. The second kappa shape index (κ2) is 4.42. The number of nitrogens with zero attached hydrogens (tertiary/aromatic N) is 1. The van der Waals surface area contributed by atoms with E-state index >= 15 is 0 Å². The van der Waals surface area contributed by atoms with Crippen LogP contribution in [0.5, 0.6) is 0 Å². The molecule has 0 fully saturated rings. The summed E-state index contributed by atoms with van der Waals surface area (Å²) < 4.78 is 0. The number of aliphatic imine (C=N–C) groups is 1. The van der Waals surface area contributed by atoms with Crippen LogP contribution < -0.4 is 5.11 Å². The van der Waals surface area contributed by atoms with Crippen molar-refractivity contribution < 1.29 is 5.11 Å². The van der Waals surface area contributed by atoms with Crippen LogP contribution in [0, 0.1) is 6.07 Å². The number of rotatable bonds is 2. The Morgan fingerprint density at radius 1 is 1.00 bits per heavy atom. The summed E-state index contributed by atoms with van der Waals surface area (Å²) in [6.07, 6.45) is 0. The molecule has 0 N–H and O–H groups in total. The molecule has 0 amide bonds. The Labute approximate surface area is 88.5 Å². The summed E-state index contributed by atoms with van der Waals surface area (Å²) in [4.78, 5) is 3.93. The molecule has 0 spiro atoms. The summed E-state index contributed by atoms with van der Waals surface area (Å²) >= 11 is 0. The Kier molecular flexibility index (Phi) is 2.79. The molecular formula is C13H9NO-. The van der Waals surface area contributed by atoms with Gasteiger partial charge in [0.25, 0.3) is 0 Å². The average Bonchev–Trinajstić information content (AvgIpc) is 2.31. The van der Waals surface area contributed by atoms with Crippen LogP contribution in [-0.4, -0.2) is 5.90 Å². The van der Waals surface area contributed by atoms with Crippen LogP contribution in [0.4, 0.5) is 5.69 Å². The van der Waals surface area contributed by atoms with Crippen LogP contribution >= 0.6 is 0 Å². The van der Waals surface area contributed by atoms with Crippen molar-refractivity contribution in [2.24, 2.45) is 4.99 Å². The van der Waals surface area contributed by atoms with Gasteiger partial charge >= 0.3 is 0 Å². The van der Waals surface area contributed by atoms with Crippen LogP contribution in [-0.2, 0) is 0 Å². The van der Waals surface area contributed by atoms with Gasteiger partial charge in [0.05, 0.1) is 5.69 Å². The first-order chi connectivity index (χ1) is 7.36. The molecule has 0 aliphatic carbocycles. The molecule has 0 unspecified atom stereocenters. The summed E-state index contributed by atoms with van der Waals surface area (Å²) in [5.74, 6) is -0.238. The average molecular weight is 195 g/mol. The zero-order valence-electron chi connectivity index (χ0n) is 8.05. The fourth-order valence-corrected chi connectivity index (χ4v) is 1.21. The van der Waals surface area contributed by atoms with Gasteiger partial charge < -0.3 is 5.11 Å². The lowest BCUT2D eigenvalue weighted by Gasteiger charge is -2.09. The highest BCUT2D eigenvalue weighted by Gasteiger charge is 1.90. The van der Waals surface area contributed by atoms with Crippen LogP contribution in [0.1, 0.15) is 5.56 Å². The molecule has 0 bridgehead atoms. The van der Waals surface area contributed by atoms with Crippen molar-refractivity contribution >= 4 is 11.6 Å². The van der Waals surface area contributed by atoms with Crippen molar-refractivity contribution in [3.05, 3.63) is 66.2 Å². The third-order valence-electron chi connectivity index (χ3n) is 1.94. The maximum atomic E-state index is 11.6. The minimum absolute atomic E-state index is 0.238. The highest BCUT2D eigenvalue weighted by atomic mass is 16.3. The summed E-state index contributed by atoms with van der Waals surface area (Å²) in [6, 6.07) is 19.0. The molecule has 0 saturated carbocycles. The van der Waals surface area contributed by atoms with E-state index in [1.807, 2.05) is 30.3 Å². The number of para-hydroxylation sites is 1. The van der Waals surface area contributed by atoms with Crippen LogP contribution in [0.25, 0.3) is 0 Å². The van der Waals surface area contributed by atoms with Gasteiger partial charge in [-0.25, -0.2) is 0 Å². The zero-order chi connectivity index (χ0) is 10.5. The molecule has 1 radical (unpaired) electrons. The SMILES string of the molecule is [O-]C(=Nc1[c]cccc1)c1ccccc1. The third-order valence-corrected chi connectivity index (χ3v) is 1.94. The second-order valence-electron chi connectivity index (χ2n) is 3.03. The lowest BCUT2D eigenvalue weighted by atomic mass is 10.2. The molecule has 0 heterocycles. The largest absolute Gasteiger partial charge is 0.858 e. The van der Waals surface area contributed by atoms with Gasteiger partial charge in [0.1, 0.15) is 0 Å². The van der Waals surface area contributed by atoms with E-state index in [0.29, 0.717) is 11.3 Å². The minimum atomic E-state index is -0.238. The van der Waals surface area contributed by atoms with Crippen molar-refractivity contribution in [1.29, 1.82) is 0 Å². The maximum Gasteiger partial charge on any atom is 0.0701 e. The standard InChI is InChI=1S/C13H10NO/c15-13(11-7-3-1-4-8-11)14-12-9-5-2-6-10-12/h1-9H,(H,14,15)/p-1. The van der Waals surface area contributed by atoms with Crippen molar-refractivity contribution in [3.8, 4) is 0 Å². The monoisotopic (exact) mass is 195 g/mol. The van der Waals surface area contributed by atoms with Gasteiger partial charge in [0.2, 0.25) is 0 Å². The Hall–Kier alpha value is -2.09. The Morgan fingerprint density at radius 2 is 1.73 bits per heavy atom. The molecule has 0 saturated heterocycles. The molecule has 0 aliphatic rings. The van der Waals surface area contributed by atoms with Crippen molar-refractivity contribution in [2.75, 3.05) is 0 Å². The Morgan fingerprint density at radius 3 is 2.40 bits per heavy atom. The number of hydrogen-bond donors (Lipinski definition) is 0. The number of benzene rings is 2. The van der Waals surface area contributed by atoms with E-state index in [4.69, 9.17) is 0 Å². The predicted octanol–water partition coefficient (Wildman–Crippen LogP) is 1.93. The summed E-state index contributed by atoms with van der Waals surface area (Å²) in [6.45, 7) is 0. The normalized spacial score (nSPS) is 11.3. The molecule has 2 heteroatoms. The first-order valence-electron chi connectivity index (χ1n) is 4.64. The molecule has 0 aliphatic heterocycles. The molecular weight excluding hydrogens is 186 g/mol. The Balaban J connectivity index is 2.29. The highest BCUT2D eigenvalue weighted by Crippen LogP contribution is 2.10. The first kappa shape index (κ1) is 9.46. The molecule has 2 aromatic carbocycles. The molecule has 2 nitrogen and oxygen atoms in total. The molecule has 0 atom stereocenters. The first-order valence-corrected chi connectivity index (χ1v) is 4.64. The zero-order valence-corrected chi connectivity index (χ0v) is 8.05. The van der Waals surface area contributed by atoms with E-state index in [-0.39, 0.29) is 5.90 Å². The summed E-state index contributed by atoms with van der Waals surface area (Å²) in [5, 5.41) is 11.6. The molecule has 2 rings (SSSR count). The van der Waals surface area contributed by atoms with E-state index in [1.165, 1.54) is 0 Å². The van der Waals surface area contributed by atoms with Gasteiger partial charge in [-0.1, -0.05) is 48.5 Å². The van der Waals surface area contributed by atoms with Gasteiger partial charge in [0, 0.05) is 6.07 Å². The molecule has 2 aromatic rings. The van der Waals surface area contributed by atoms with Crippen LogP contribution in [0.15, 0.2) is 59.6 Å².